The molecule has 134 valence electrons. The Labute approximate surface area is 141 Å². The van der Waals surface area contributed by atoms with Crippen LogP contribution >= 0.6 is 0 Å². The minimum atomic E-state index is -4.61. The Hall–Kier alpha value is -3.04. The molecule has 25 heavy (non-hydrogen) atoms. The van der Waals surface area contributed by atoms with Crippen LogP contribution in [0.4, 0.5) is 36.3 Å². The van der Waals surface area contributed by atoms with Crippen molar-refractivity contribution in [3.8, 4) is 0 Å². The Morgan fingerprint density at radius 1 is 1.28 bits per heavy atom. The molecule has 1 heterocycles. The van der Waals surface area contributed by atoms with Gasteiger partial charge in [0.1, 0.15) is 11.4 Å². The summed E-state index contributed by atoms with van der Waals surface area (Å²) in [7, 11) is 0. The van der Waals surface area contributed by atoms with Gasteiger partial charge in [-0.25, -0.2) is 4.98 Å². The van der Waals surface area contributed by atoms with Crippen LogP contribution in [0, 0.1) is 0 Å². The van der Waals surface area contributed by atoms with E-state index in [9.17, 15) is 18.0 Å². The van der Waals surface area contributed by atoms with Gasteiger partial charge in [-0.2, -0.15) is 18.2 Å². The summed E-state index contributed by atoms with van der Waals surface area (Å²) < 4.78 is 39.2. The third-order valence-corrected chi connectivity index (χ3v) is 3.03. The van der Waals surface area contributed by atoms with Gasteiger partial charge in [-0.15, -0.1) is 0 Å². The molecular formula is C15H17F3N6O. The van der Waals surface area contributed by atoms with E-state index in [1.165, 1.54) is 6.92 Å². The minimum absolute atomic E-state index is 0.0133. The Bertz CT molecular complexity index is 750. The molecule has 0 radical (unpaired) electrons. The maximum Gasteiger partial charge on any atom is 0.421 e. The summed E-state index contributed by atoms with van der Waals surface area (Å²) in [6.07, 6.45) is -3.91. The standard InChI is InChI=1S/C15H17F3N6O/c1-9(25)20-5-6-21-13-12(15(16,17)18)8-22-14(24-13)23-11-4-2-3-10(19)7-11/h2-4,7-8H,5-6,19H2,1H3,(H,20,25)(H2,21,22,23,24). The Kier molecular flexibility index (Phi) is 5.63. The Balaban J connectivity index is 2.19. The van der Waals surface area contributed by atoms with Crippen LogP contribution in [0.1, 0.15) is 12.5 Å². The van der Waals surface area contributed by atoms with Crippen molar-refractivity contribution in [3.63, 3.8) is 0 Å². The fourth-order valence-corrected chi connectivity index (χ4v) is 1.95. The van der Waals surface area contributed by atoms with Crippen LogP contribution in [0.5, 0.6) is 0 Å². The van der Waals surface area contributed by atoms with Crippen molar-refractivity contribution in [2.75, 3.05) is 29.5 Å². The van der Waals surface area contributed by atoms with E-state index in [1.54, 1.807) is 24.3 Å². The number of benzene rings is 1. The largest absolute Gasteiger partial charge is 0.421 e. The van der Waals surface area contributed by atoms with E-state index >= 15 is 0 Å². The molecule has 0 aliphatic rings. The lowest BCUT2D eigenvalue weighted by molar-refractivity contribution is -0.137. The lowest BCUT2D eigenvalue weighted by atomic mass is 10.3. The molecule has 1 aromatic heterocycles. The number of anilines is 4. The second kappa shape index (κ2) is 7.69. The normalized spacial score (nSPS) is 11.0. The maximum atomic E-state index is 13.1. The predicted octanol–water partition coefficient (Wildman–Crippen LogP) is 2.37. The van der Waals surface area contributed by atoms with Gasteiger partial charge in [0.05, 0.1) is 0 Å². The van der Waals surface area contributed by atoms with Crippen LogP contribution in [0.2, 0.25) is 0 Å². The molecule has 0 saturated heterocycles. The second-order valence-electron chi connectivity index (χ2n) is 5.11. The molecule has 1 aromatic carbocycles. The number of hydrogen-bond donors (Lipinski definition) is 4. The van der Waals surface area contributed by atoms with Gasteiger partial charge in [0, 0.05) is 37.6 Å². The van der Waals surface area contributed by atoms with Crippen LogP contribution in [0.25, 0.3) is 0 Å². The predicted molar refractivity (Wildman–Crippen MR) is 88.3 cm³/mol. The maximum absolute atomic E-state index is 13.1. The third-order valence-electron chi connectivity index (χ3n) is 3.03. The first-order valence-corrected chi connectivity index (χ1v) is 7.31. The van der Waals surface area contributed by atoms with E-state index in [1.807, 2.05) is 0 Å². The van der Waals surface area contributed by atoms with Gasteiger partial charge >= 0.3 is 6.18 Å². The fraction of sp³-hybridized carbons (Fsp3) is 0.267. The van der Waals surface area contributed by atoms with E-state index < -0.39 is 11.7 Å². The summed E-state index contributed by atoms with van der Waals surface area (Å²) in [5.41, 5.74) is 5.70. The molecule has 5 N–H and O–H groups in total. The molecule has 0 fully saturated rings. The first-order valence-electron chi connectivity index (χ1n) is 7.31. The average molecular weight is 354 g/mol. The highest BCUT2D eigenvalue weighted by Gasteiger charge is 2.35. The highest BCUT2D eigenvalue weighted by atomic mass is 19.4. The number of amides is 1. The Morgan fingerprint density at radius 3 is 2.68 bits per heavy atom. The molecular weight excluding hydrogens is 337 g/mol. The van der Waals surface area contributed by atoms with Crippen LogP contribution in [-0.4, -0.2) is 29.0 Å². The summed E-state index contributed by atoms with van der Waals surface area (Å²) in [6, 6.07) is 6.65. The summed E-state index contributed by atoms with van der Waals surface area (Å²) >= 11 is 0. The second-order valence-corrected chi connectivity index (χ2v) is 5.11. The van der Waals surface area contributed by atoms with Crippen LogP contribution in [0.3, 0.4) is 0 Å². The number of carbonyl (C=O) groups excluding carboxylic acids is 1. The molecule has 0 saturated carbocycles. The number of nitrogens with two attached hydrogens (primary N) is 1. The van der Waals surface area contributed by atoms with E-state index in [0.717, 1.165) is 0 Å². The molecule has 2 rings (SSSR count). The molecule has 7 nitrogen and oxygen atoms in total. The van der Waals surface area contributed by atoms with Crippen molar-refractivity contribution in [1.29, 1.82) is 0 Å². The quantitative estimate of drug-likeness (QED) is 0.469. The highest BCUT2D eigenvalue weighted by molar-refractivity contribution is 5.72. The first-order chi connectivity index (χ1) is 11.8. The lowest BCUT2D eigenvalue weighted by Crippen LogP contribution is -2.27. The zero-order valence-corrected chi connectivity index (χ0v) is 13.3. The molecule has 0 unspecified atom stereocenters. The zero-order valence-electron chi connectivity index (χ0n) is 13.3. The monoisotopic (exact) mass is 354 g/mol. The van der Waals surface area contributed by atoms with E-state index in [-0.39, 0.29) is 30.8 Å². The van der Waals surface area contributed by atoms with Gasteiger partial charge in [0.2, 0.25) is 11.9 Å². The summed E-state index contributed by atoms with van der Waals surface area (Å²) in [6.45, 7) is 1.56. The topological polar surface area (TPSA) is 105 Å². The van der Waals surface area contributed by atoms with E-state index in [4.69, 9.17) is 5.73 Å². The number of alkyl halides is 3. The Morgan fingerprint density at radius 2 is 2.04 bits per heavy atom. The molecule has 0 bridgehead atoms. The lowest BCUT2D eigenvalue weighted by Gasteiger charge is -2.15. The zero-order chi connectivity index (χ0) is 18.4. The van der Waals surface area contributed by atoms with Gasteiger partial charge < -0.3 is 21.7 Å². The molecule has 0 aliphatic carbocycles. The molecule has 1 amide bonds. The first kappa shape index (κ1) is 18.3. The number of aromatic nitrogens is 2. The van der Waals surface area contributed by atoms with Crippen molar-refractivity contribution in [2.24, 2.45) is 0 Å². The number of halogens is 3. The average Bonchev–Trinajstić information content (AvgIpc) is 2.50. The molecule has 10 heteroatoms. The highest BCUT2D eigenvalue weighted by Crippen LogP contribution is 2.34. The summed E-state index contributed by atoms with van der Waals surface area (Å²) in [4.78, 5) is 18.4. The number of hydrogen-bond acceptors (Lipinski definition) is 6. The molecule has 2 aromatic rings. The van der Waals surface area contributed by atoms with Gasteiger partial charge in [-0.3, -0.25) is 4.79 Å². The van der Waals surface area contributed by atoms with Crippen LogP contribution < -0.4 is 21.7 Å². The van der Waals surface area contributed by atoms with Crippen molar-refractivity contribution >= 4 is 29.0 Å². The van der Waals surface area contributed by atoms with Crippen molar-refractivity contribution in [3.05, 3.63) is 36.0 Å². The van der Waals surface area contributed by atoms with Gasteiger partial charge in [0.15, 0.2) is 0 Å². The molecule has 0 atom stereocenters. The van der Waals surface area contributed by atoms with Crippen LogP contribution in [-0.2, 0) is 11.0 Å². The van der Waals surface area contributed by atoms with E-state index in [2.05, 4.69) is 25.9 Å². The van der Waals surface area contributed by atoms with Crippen molar-refractivity contribution < 1.29 is 18.0 Å². The van der Waals surface area contributed by atoms with Crippen LogP contribution in [0.15, 0.2) is 30.5 Å². The number of nitrogens with zero attached hydrogens (tertiary/aromatic N) is 2. The fourth-order valence-electron chi connectivity index (χ4n) is 1.95. The summed E-state index contributed by atoms with van der Waals surface area (Å²) in [5.74, 6) is -0.663. The van der Waals surface area contributed by atoms with Gasteiger partial charge in [-0.05, 0) is 18.2 Å². The number of nitrogen functional groups attached to an aromatic ring is 1. The minimum Gasteiger partial charge on any atom is -0.399 e. The number of nitrogens with one attached hydrogen (secondary N) is 3. The smallest absolute Gasteiger partial charge is 0.399 e. The molecule has 0 aliphatic heterocycles. The molecule has 0 spiro atoms. The SMILES string of the molecule is CC(=O)NCCNc1nc(Nc2cccc(N)c2)ncc1C(F)(F)F. The van der Waals surface area contributed by atoms with Crippen molar-refractivity contribution in [2.45, 2.75) is 13.1 Å². The van der Waals surface area contributed by atoms with E-state index in [0.29, 0.717) is 17.6 Å². The van der Waals surface area contributed by atoms with Gasteiger partial charge in [0.25, 0.3) is 0 Å². The van der Waals surface area contributed by atoms with Crippen molar-refractivity contribution in [1.82, 2.24) is 15.3 Å². The number of carbonyl (C=O) groups is 1. The number of rotatable bonds is 6. The van der Waals surface area contributed by atoms with Gasteiger partial charge in [-0.1, -0.05) is 6.07 Å². The summed E-state index contributed by atoms with van der Waals surface area (Å²) in [5, 5.41) is 7.83. The third kappa shape index (κ3) is 5.52.